The number of anilines is 1. The van der Waals surface area contributed by atoms with Crippen molar-refractivity contribution in [3.8, 4) is 6.01 Å². The third-order valence-corrected chi connectivity index (χ3v) is 1.40. The summed E-state index contributed by atoms with van der Waals surface area (Å²) in [6, 6.07) is 0.201. The van der Waals surface area contributed by atoms with E-state index in [0.717, 1.165) is 6.20 Å². The molecule has 0 spiro atoms. The van der Waals surface area contributed by atoms with Gasteiger partial charge in [-0.1, -0.05) is 0 Å². The van der Waals surface area contributed by atoms with E-state index >= 15 is 0 Å². The van der Waals surface area contributed by atoms with Crippen LogP contribution in [0.25, 0.3) is 0 Å². The molecule has 5 heteroatoms. The molecule has 13 heavy (non-hydrogen) atoms. The Bertz CT molecular complexity index is 291. The van der Waals surface area contributed by atoms with Crippen LogP contribution in [0, 0.1) is 5.82 Å². The monoisotopic (exact) mass is 185 g/mol. The van der Waals surface area contributed by atoms with Gasteiger partial charge in [-0.25, -0.2) is 9.37 Å². The second-order valence-electron chi connectivity index (χ2n) is 2.65. The average molecular weight is 185 g/mol. The molecular weight excluding hydrogens is 173 g/mol. The minimum Gasteiger partial charge on any atom is -0.464 e. The van der Waals surface area contributed by atoms with Crippen LogP contribution in [0.2, 0.25) is 0 Å². The predicted octanol–water partition coefficient (Wildman–Crippen LogP) is 1.08. The fourth-order valence-corrected chi connectivity index (χ4v) is 0.855. The number of aromatic nitrogens is 2. The third kappa shape index (κ3) is 2.27. The fraction of sp³-hybridized carbons (Fsp3) is 0.500. The van der Waals surface area contributed by atoms with Crippen molar-refractivity contribution in [2.45, 2.75) is 6.92 Å². The zero-order valence-electron chi connectivity index (χ0n) is 7.91. The zero-order chi connectivity index (χ0) is 9.84. The Hall–Kier alpha value is -1.39. The summed E-state index contributed by atoms with van der Waals surface area (Å²) < 4.78 is 18.1. The van der Waals surface area contributed by atoms with Gasteiger partial charge < -0.3 is 9.64 Å². The number of rotatable bonds is 3. The van der Waals surface area contributed by atoms with Crippen LogP contribution in [0.3, 0.4) is 0 Å². The molecule has 0 amide bonds. The van der Waals surface area contributed by atoms with Crippen molar-refractivity contribution in [3.63, 3.8) is 0 Å². The molecule has 0 N–H and O–H groups in total. The highest BCUT2D eigenvalue weighted by molar-refractivity contribution is 5.37. The van der Waals surface area contributed by atoms with Gasteiger partial charge in [0.1, 0.15) is 0 Å². The molecule has 1 aromatic heterocycles. The molecule has 0 saturated carbocycles. The van der Waals surface area contributed by atoms with Crippen molar-refractivity contribution < 1.29 is 9.13 Å². The Morgan fingerprint density at radius 3 is 2.77 bits per heavy atom. The maximum absolute atomic E-state index is 13.0. The lowest BCUT2D eigenvalue weighted by molar-refractivity contribution is 0.311. The van der Waals surface area contributed by atoms with Gasteiger partial charge in [0.05, 0.1) is 12.8 Å². The molecule has 0 atom stereocenters. The van der Waals surface area contributed by atoms with Crippen LogP contribution in [0.15, 0.2) is 6.20 Å². The fourth-order valence-electron chi connectivity index (χ4n) is 0.855. The average Bonchev–Trinajstić information content (AvgIpc) is 2.08. The molecule has 0 aliphatic heterocycles. The minimum atomic E-state index is -0.451. The first kappa shape index (κ1) is 9.70. The van der Waals surface area contributed by atoms with Crippen molar-refractivity contribution in [2.75, 3.05) is 25.6 Å². The number of hydrogen-bond acceptors (Lipinski definition) is 4. The van der Waals surface area contributed by atoms with Crippen molar-refractivity contribution in [3.05, 3.63) is 12.0 Å². The first-order valence-electron chi connectivity index (χ1n) is 3.97. The Morgan fingerprint density at radius 1 is 1.54 bits per heavy atom. The van der Waals surface area contributed by atoms with Crippen molar-refractivity contribution in [2.24, 2.45) is 0 Å². The van der Waals surface area contributed by atoms with Crippen LogP contribution in [-0.2, 0) is 0 Å². The molecule has 0 radical (unpaired) electrons. The van der Waals surface area contributed by atoms with Crippen LogP contribution >= 0.6 is 0 Å². The molecule has 0 bridgehead atoms. The summed E-state index contributed by atoms with van der Waals surface area (Å²) >= 11 is 0. The Morgan fingerprint density at radius 2 is 2.23 bits per heavy atom. The van der Waals surface area contributed by atoms with E-state index in [-0.39, 0.29) is 11.8 Å². The van der Waals surface area contributed by atoms with Crippen LogP contribution in [0.1, 0.15) is 6.92 Å². The highest BCUT2D eigenvalue weighted by Crippen LogP contribution is 2.15. The smallest absolute Gasteiger partial charge is 0.318 e. The summed E-state index contributed by atoms with van der Waals surface area (Å²) in [5.41, 5.74) is 0. The standard InChI is InChI=1S/C8H12FN3O/c1-4-13-8-10-5-6(9)7(11-8)12(2)3/h5H,4H2,1-3H3. The van der Waals surface area contributed by atoms with E-state index in [0.29, 0.717) is 6.61 Å². The summed E-state index contributed by atoms with van der Waals surface area (Å²) in [4.78, 5) is 9.12. The van der Waals surface area contributed by atoms with Gasteiger partial charge >= 0.3 is 6.01 Å². The van der Waals surface area contributed by atoms with Crippen LogP contribution in [-0.4, -0.2) is 30.7 Å². The molecule has 1 rings (SSSR count). The van der Waals surface area contributed by atoms with E-state index in [1.54, 1.807) is 19.0 Å². The molecule has 72 valence electrons. The molecule has 0 unspecified atom stereocenters. The van der Waals surface area contributed by atoms with Crippen molar-refractivity contribution in [1.29, 1.82) is 0 Å². The quantitative estimate of drug-likeness (QED) is 0.706. The molecule has 0 aliphatic carbocycles. The lowest BCUT2D eigenvalue weighted by Gasteiger charge is -2.12. The zero-order valence-corrected chi connectivity index (χ0v) is 7.91. The molecule has 1 heterocycles. The van der Waals surface area contributed by atoms with E-state index < -0.39 is 5.82 Å². The van der Waals surface area contributed by atoms with E-state index in [1.165, 1.54) is 0 Å². The number of halogens is 1. The summed E-state index contributed by atoms with van der Waals surface area (Å²) in [7, 11) is 3.42. The Kier molecular flexibility index (Phi) is 3.00. The number of nitrogens with zero attached hydrogens (tertiary/aromatic N) is 3. The van der Waals surface area contributed by atoms with Crippen molar-refractivity contribution in [1.82, 2.24) is 9.97 Å². The lowest BCUT2D eigenvalue weighted by Crippen LogP contribution is -2.14. The van der Waals surface area contributed by atoms with Gasteiger partial charge in [-0.2, -0.15) is 4.98 Å². The minimum absolute atomic E-state index is 0.201. The number of ether oxygens (including phenoxy) is 1. The molecule has 0 saturated heterocycles. The first-order valence-corrected chi connectivity index (χ1v) is 3.97. The molecule has 0 aliphatic rings. The van der Waals surface area contributed by atoms with Gasteiger partial charge in [-0.05, 0) is 6.92 Å². The van der Waals surface area contributed by atoms with Crippen LogP contribution in [0.5, 0.6) is 6.01 Å². The van der Waals surface area contributed by atoms with Gasteiger partial charge in [-0.15, -0.1) is 0 Å². The molecule has 1 aromatic rings. The Labute approximate surface area is 76.4 Å². The summed E-state index contributed by atoms with van der Waals surface area (Å²) in [6.45, 7) is 2.29. The first-order chi connectivity index (χ1) is 6.15. The highest BCUT2D eigenvalue weighted by Gasteiger charge is 2.08. The molecular formula is C8H12FN3O. The van der Waals surface area contributed by atoms with Gasteiger partial charge in [0.2, 0.25) is 0 Å². The molecule has 4 nitrogen and oxygen atoms in total. The summed E-state index contributed by atoms with van der Waals surface area (Å²) in [5.74, 6) is -0.216. The molecule has 0 aromatic carbocycles. The van der Waals surface area contributed by atoms with Crippen LogP contribution < -0.4 is 9.64 Å². The maximum atomic E-state index is 13.0. The van der Waals surface area contributed by atoms with Gasteiger partial charge in [0.25, 0.3) is 0 Å². The Balaban J connectivity index is 2.97. The molecule has 0 fully saturated rings. The highest BCUT2D eigenvalue weighted by atomic mass is 19.1. The van der Waals surface area contributed by atoms with E-state index in [4.69, 9.17) is 4.74 Å². The van der Waals surface area contributed by atoms with E-state index in [1.807, 2.05) is 6.92 Å². The topological polar surface area (TPSA) is 38.2 Å². The van der Waals surface area contributed by atoms with E-state index in [9.17, 15) is 4.39 Å². The third-order valence-electron chi connectivity index (χ3n) is 1.40. The second-order valence-corrected chi connectivity index (χ2v) is 2.65. The van der Waals surface area contributed by atoms with E-state index in [2.05, 4.69) is 9.97 Å². The normalized spacial score (nSPS) is 9.85. The van der Waals surface area contributed by atoms with Crippen molar-refractivity contribution >= 4 is 5.82 Å². The SMILES string of the molecule is CCOc1ncc(F)c(N(C)C)n1. The lowest BCUT2D eigenvalue weighted by atomic mass is 10.5. The van der Waals surface area contributed by atoms with Gasteiger partial charge in [0.15, 0.2) is 11.6 Å². The predicted molar refractivity (Wildman–Crippen MR) is 47.5 cm³/mol. The van der Waals surface area contributed by atoms with Crippen LogP contribution in [0.4, 0.5) is 10.2 Å². The largest absolute Gasteiger partial charge is 0.464 e. The second kappa shape index (κ2) is 4.02. The number of hydrogen-bond donors (Lipinski definition) is 0. The van der Waals surface area contributed by atoms with Gasteiger partial charge in [-0.3, -0.25) is 0 Å². The maximum Gasteiger partial charge on any atom is 0.318 e. The summed E-state index contributed by atoms with van der Waals surface area (Å²) in [6.07, 6.45) is 1.10. The van der Waals surface area contributed by atoms with Gasteiger partial charge in [0, 0.05) is 14.1 Å². The summed E-state index contributed by atoms with van der Waals surface area (Å²) in [5, 5.41) is 0.